The van der Waals surface area contributed by atoms with Crippen LogP contribution in [0.3, 0.4) is 0 Å². The molecule has 4 aromatic rings. The molecular weight excluding hydrogens is 348 g/mol. The highest BCUT2D eigenvalue weighted by Gasteiger charge is 2.20. The van der Waals surface area contributed by atoms with Crippen molar-refractivity contribution < 1.29 is 9.32 Å². The SMILES string of the molecule is Cc1nc(-c2sc(NC(=O)c3ccccc3)nc2-c2ccccc2)no1. The van der Waals surface area contributed by atoms with E-state index in [1.807, 2.05) is 48.5 Å². The minimum Gasteiger partial charge on any atom is -0.339 e. The molecule has 1 N–H and O–H groups in total. The summed E-state index contributed by atoms with van der Waals surface area (Å²) in [6, 6.07) is 18.7. The van der Waals surface area contributed by atoms with E-state index >= 15 is 0 Å². The number of carbonyl (C=O) groups is 1. The van der Waals surface area contributed by atoms with E-state index in [0.717, 1.165) is 10.4 Å². The summed E-state index contributed by atoms with van der Waals surface area (Å²) in [6.45, 7) is 1.73. The van der Waals surface area contributed by atoms with Gasteiger partial charge in [0.15, 0.2) is 5.13 Å². The molecule has 6 nitrogen and oxygen atoms in total. The lowest BCUT2D eigenvalue weighted by molar-refractivity contribution is 0.102. The molecule has 0 bridgehead atoms. The number of anilines is 1. The predicted octanol–water partition coefficient (Wildman–Crippen LogP) is 4.42. The number of thiazole rings is 1. The lowest BCUT2D eigenvalue weighted by atomic mass is 10.1. The van der Waals surface area contributed by atoms with Crippen molar-refractivity contribution in [2.24, 2.45) is 0 Å². The van der Waals surface area contributed by atoms with E-state index in [0.29, 0.717) is 28.1 Å². The topological polar surface area (TPSA) is 80.9 Å². The Labute approximate surface area is 153 Å². The van der Waals surface area contributed by atoms with Gasteiger partial charge < -0.3 is 4.52 Å². The van der Waals surface area contributed by atoms with E-state index in [1.165, 1.54) is 11.3 Å². The molecule has 26 heavy (non-hydrogen) atoms. The van der Waals surface area contributed by atoms with Crippen LogP contribution in [-0.4, -0.2) is 21.0 Å². The first kappa shape index (κ1) is 16.2. The van der Waals surface area contributed by atoms with Crippen molar-refractivity contribution in [3.8, 4) is 22.0 Å². The first-order valence-corrected chi connectivity index (χ1v) is 8.75. The number of aryl methyl sites for hydroxylation is 1. The molecule has 0 saturated heterocycles. The normalized spacial score (nSPS) is 10.7. The van der Waals surface area contributed by atoms with E-state index in [9.17, 15) is 4.79 Å². The minimum atomic E-state index is -0.213. The maximum atomic E-state index is 12.4. The molecule has 7 heteroatoms. The Kier molecular flexibility index (Phi) is 4.28. The Morgan fingerprint density at radius 2 is 1.69 bits per heavy atom. The number of aromatic nitrogens is 3. The maximum Gasteiger partial charge on any atom is 0.257 e. The lowest BCUT2D eigenvalue weighted by Gasteiger charge is -2.00. The molecule has 0 spiro atoms. The van der Waals surface area contributed by atoms with Crippen LogP contribution in [0.2, 0.25) is 0 Å². The first-order chi connectivity index (χ1) is 12.7. The van der Waals surface area contributed by atoms with E-state index in [-0.39, 0.29) is 5.91 Å². The summed E-state index contributed by atoms with van der Waals surface area (Å²) in [5.74, 6) is 0.719. The van der Waals surface area contributed by atoms with Crippen LogP contribution in [0.4, 0.5) is 5.13 Å². The summed E-state index contributed by atoms with van der Waals surface area (Å²) in [5.41, 5.74) is 2.20. The second kappa shape index (κ2) is 6.89. The number of rotatable bonds is 4. The van der Waals surface area contributed by atoms with Gasteiger partial charge in [0, 0.05) is 18.1 Å². The number of hydrogen-bond donors (Lipinski definition) is 1. The van der Waals surface area contributed by atoms with Crippen LogP contribution >= 0.6 is 11.3 Å². The van der Waals surface area contributed by atoms with Gasteiger partial charge in [-0.3, -0.25) is 10.1 Å². The molecule has 1 amide bonds. The number of hydrogen-bond acceptors (Lipinski definition) is 6. The van der Waals surface area contributed by atoms with Gasteiger partial charge in [-0.25, -0.2) is 4.98 Å². The van der Waals surface area contributed by atoms with E-state index < -0.39 is 0 Å². The van der Waals surface area contributed by atoms with Crippen molar-refractivity contribution in [3.05, 3.63) is 72.1 Å². The summed E-state index contributed by atoms with van der Waals surface area (Å²) in [7, 11) is 0. The van der Waals surface area contributed by atoms with Crippen molar-refractivity contribution in [1.82, 2.24) is 15.1 Å². The van der Waals surface area contributed by atoms with Gasteiger partial charge in [0.1, 0.15) is 4.88 Å². The van der Waals surface area contributed by atoms with E-state index in [1.54, 1.807) is 19.1 Å². The lowest BCUT2D eigenvalue weighted by Crippen LogP contribution is -2.11. The summed E-state index contributed by atoms with van der Waals surface area (Å²) in [4.78, 5) is 22.1. The minimum absolute atomic E-state index is 0.213. The Bertz CT molecular complexity index is 1040. The van der Waals surface area contributed by atoms with Gasteiger partial charge >= 0.3 is 0 Å². The largest absolute Gasteiger partial charge is 0.339 e. The maximum absolute atomic E-state index is 12.4. The Morgan fingerprint density at radius 3 is 2.35 bits per heavy atom. The zero-order valence-corrected chi connectivity index (χ0v) is 14.7. The molecule has 0 atom stereocenters. The monoisotopic (exact) mass is 362 g/mol. The fraction of sp³-hybridized carbons (Fsp3) is 0.0526. The third-order valence-corrected chi connectivity index (χ3v) is 4.63. The number of nitrogens with zero attached hydrogens (tertiary/aromatic N) is 3. The zero-order valence-electron chi connectivity index (χ0n) is 13.8. The van der Waals surface area contributed by atoms with Gasteiger partial charge in [-0.1, -0.05) is 65.0 Å². The van der Waals surface area contributed by atoms with Crippen molar-refractivity contribution in [2.45, 2.75) is 6.92 Å². The summed E-state index contributed by atoms with van der Waals surface area (Å²) in [5, 5.41) is 7.32. The number of nitrogens with one attached hydrogen (secondary N) is 1. The fourth-order valence-corrected chi connectivity index (χ4v) is 3.38. The number of carbonyl (C=O) groups excluding carboxylic acids is 1. The second-order valence-corrected chi connectivity index (χ2v) is 6.52. The van der Waals surface area contributed by atoms with Gasteiger partial charge in [-0.15, -0.1) is 0 Å². The average Bonchev–Trinajstić information content (AvgIpc) is 3.29. The average molecular weight is 362 g/mol. The highest BCUT2D eigenvalue weighted by molar-refractivity contribution is 7.19. The van der Waals surface area contributed by atoms with Gasteiger partial charge in [-0.2, -0.15) is 4.98 Å². The van der Waals surface area contributed by atoms with Crippen LogP contribution in [0.15, 0.2) is 65.2 Å². The van der Waals surface area contributed by atoms with Crippen molar-refractivity contribution >= 4 is 22.4 Å². The van der Waals surface area contributed by atoms with Gasteiger partial charge in [0.05, 0.1) is 5.69 Å². The zero-order chi connectivity index (χ0) is 17.9. The van der Waals surface area contributed by atoms with Crippen LogP contribution in [0.1, 0.15) is 16.2 Å². The van der Waals surface area contributed by atoms with E-state index in [4.69, 9.17) is 4.52 Å². The van der Waals surface area contributed by atoms with Crippen LogP contribution in [0.5, 0.6) is 0 Å². The first-order valence-electron chi connectivity index (χ1n) is 7.94. The molecule has 0 unspecified atom stereocenters. The van der Waals surface area contributed by atoms with Gasteiger partial charge in [0.25, 0.3) is 5.91 Å². The smallest absolute Gasteiger partial charge is 0.257 e. The van der Waals surface area contributed by atoms with Crippen LogP contribution < -0.4 is 5.32 Å². The van der Waals surface area contributed by atoms with Crippen molar-refractivity contribution in [3.63, 3.8) is 0 Å². The molecule has 0 aliphatic rings. The van der Waals surface area contributed by atoms with Crippen molar-refractivity contribution in [2.75, 3.05) is 5.32 Å². The summed E-state index contributed by atoms with van der Waals surface area (Å²) < 4.78 is 5.10. The molecule has 0 radical (unpaired) electrons. The molecule has 2 aromatic carbocycles. The Morgan fingerprint density at radius 1 is 1.00 bits per heavy atom. The third kappa shape index (κ3) is 3.25. The Balaban J connectivity index is 1.73. The molecule has 0 aliphatic carbocycles. The molecule has 0 aliphatic heterocycles. The number of amides is 1. The molecule has 2 aromatic heterocycles. The second-order valence-electron chi connectivity index (χ2n) is 5.52. The van der Waals surface area contributed by atoms with Crippen LogP contribution in [-0.2, 0) is 0 Å². The molecule has 2 heterocycles. The quantitative estimate of drug-likeness (QED) is 0.581. The van der Waals surface area contributed by atoms with Crippen LogP contribution in [0.25, 0.3) is 22.0 Å². The van der Waals surface area contributed by atoms with Crippen LogP contribution in [0, 0.1) is 6.92 Å². The molecule has 0 saturated carbocycles. The molecule has 0 fully saturated rings. The summed E-state index contributed by atoms with van der Waals surface area (Å²) in [6.07, 6.45) is 0. The van der Waals surface area contributed by atoms with Crippen molar-refractivity contribution in [1.29, 1.82) is 0 Å². The standard InChI is InChI=1S/C19H14N4O2S/c1-12-20-17(23-25-12)16-15(13-8-4-2-5-9-13)21-19(26-16)22-18(24)14-10-6-3-7-11-14/h2-11H,1H3,(H,21,22,24). The Hall–Kier alpha value is -3.32. The third-order valence-electron chi connectivity index (χ3n) is 3.66. The summed E-state index contributed by atoms with van der Waals surface area (Å²) >= 11 is 1.32. The molecule has 4 rings (SSSR count). The predicted molar refractivity (Wildman–Crippen MR) is 100.0 cm³/mol. The highest BCUT2D eigenvalue weighted by Crippen LogP contribution is 2.37. The highest BCUT2D eigenvalue weighted by atomic mass is 32.1. The molecule has 128 valence electrons. The molecular formula is C19H14N4O2S. The van der Waals surface area contributed by atoms with Gasteiger partial charge in [0.2, 0.25) is 11.7 Å². The number of benzene rings is 2. The van der Waals surface area contributed by atoms with E-state index in [2.05, 4.69) is 20.4 Å². The fourth-order valence-electron chi connectivity index (χ4n) is 2.47. The van der Waals surface area contributed by atoms with Gasteiger partial charge in [-0.05, 0) is 12.1 Å².